The number of nitrogens with one attached hydrogen (secondary N) is 2. The number of methoxy groups -OCH3 is 1. The third kappa shape index (κ3) is 16.4. The number of ether oxygens (including phenoxy) is 6. The number of para-hydroxylation sites is 1. The molecule has 0 aliphatic carbocycles. The van der Waals surface area contributed by atoms with E-state index < -0.39 is 109 Å². The van der Waals surface area contributed by atoms with E-state index in [1.54, 1.807) is 68.6 Å². The highest BCUT2D eigenvalue weighted by Gasteiger charge is 2.45. The summed E-state index contributed by atoms with van der Waals surface area (Å²) in [5, 5.41) is 4.65. The van der Waals surface area contributed by atoms with Crippen LogP contribution in [0, 0.1) is 23.7 Å². The number of esters is 1. The topological polar surface area (TPSA) is 221 Å². The van der Waals surface area contributed by atoms with Crippen LogP contribution >= 0.6 is 7.60 Å². The van der Waals surface area contributed by atoms with Crippen molar-refractivity contribution in [2.24, 2.45) is 23.7 Å². The summed E-state index contributed by atoms with van der Waals surface area (Å²) in [6, 6.07) is 17.1. The van der Waals surface area contributed by atoms with E-state index in [0.717, 1.165) is 4.31 Å². The smallest absolute Gasteiger partial charge is 0.471 e. The zero-order chi connectivity index (χ0) is 52.1. The van der Waals surface area contributed by atoms with Crippen molar-refractivity contribution < 1.29 is 82.8 Å². The number of carbonyl (C=O) groups is 4. The number of halogens is 3. The standard InChI is InChI=1S/C48H63F3N3O15PS/c1-8-63-44(56)32(6)68-70(59,69-37-12-10-9-11-13-37)29-66-36-16-14-33(15-17-36)24-40(52-47(58)67-42-28-65-45-39(42)22-23-64-45)34(25-41(55)43(31(4)5)53-46(57)48(49,50)51)27-54(26-30(2)3)71(60,61)38-20-18-35(62-7)19-21-38/h9-21,30-32,34,39-40,42-43,45H,8,22-29H2,1-7H3,(H,52,58)(H,53,57)/t32-,34+,39-,40-,42-,43-,45+,70?/m0/s1. The molecule has 2 saturated heterocycles. The molecule has 2 fully saturated rings. The fourth-order valence-electron chi connectivity index (χ4n) is 8.00. The number of hydrogen-bond acceptors (Lipinski definition) is 15. The normalized spacial score (nSPS) is 19.5. The summed E-state index contributed by atoms with van der Waals surface area (Å²) in [4.78, 5) is 52.9. The Balaban J connectivity index is 1.51. The molecule has 0 bridgehead atoms. The van der Waals surface area contributed by atoms with Crippen molar-refractivity contribution in [1.82, 2.24) is 14.9 Å². The number of nitrogens with zero attached hydrogens (tertiary/aromatic N) is 1. The molecule has 2 amide bonds. The number of carbonyl (C=O) groups excluding carboxylic acids is 4. The Hall–Kier alpha value is -5.25. The van der Waals surface area contributed by atoms with E-state index in [9.17, 15) is 45.3 Å². The number of sulfonamides is 1. The Bertz CT molecular complexity index is 2400. The van der Waals surface area contributed by atoms with Crippen LogP contribution in [0.4, 0.5) is 18.0 Å². The molecule has 0 radical (unpaired) electrons. The second-order valence-electron chi connectivity index (χ2n) is 17.9. The van der Waals surface area contributed by atoms with Crippen LogP contribution in [0.2, 0.25) is 0 Å². The van der Waals surface area contributed by atoms with E-state index >= 15 is 0 Å². The zero-order valence-electron chi connectivity index (χ0n) is 40.6. The molecule has 2 heterocycles. The highest BCUT2D eigenvalue weighted by molar-refractivity contribution is 7.89. The largest absolute Gasteiger partial charge is 0.497 e. The van der Waals surface area contributed by atoms with Crippen molar-refractivity contribution in [3.63, 3.8) is 0 Å². The molecule has 0 spiro atoms. The number of benzene rings is 3. The minimum Gasteiger partial charge on any atom is -0.497 e. The van der Waals surface area contributed by atoms with Crippen LogP contribution < -0.4 is 24.6 Å². The number of alkyl carbamates (subject to hydrolysis) is 1. The second kappa shape index (κ2) is 25.4. The number of fused-ring (bicyclic) bond motifs is 1. The summed E-state index contributed by atoms with van der Waals surface area (Å²) < 4.78 is 130. The van der Waals surface area contributed by atoms with Crippen LogP contribution in [0.1, 0.15) is 59.9 Å². The fourth-order valence-corrected chi connectivity index (χ4v) is 11.1. The molecule has 2 N–H and O–H groups in total. The third-order valence-electron chi connectivity index (χ3n) is 11.5. The van der Waals surface area contributed by atoms with Crippen molar-refractivity contribution in [2.75, 3.05) is 46.4 Å². The predicted octanol–water partition coefficient (Wildman–Crippen LogP) is 7.30. The van der Waals surface area contributed by atoms with E-state index in [-0.39, 0.29) is 54.4 Å². The lowest BCUT2D eigenvalue weighted by molar-refractivity contribution is -0.175. The van der Waals surface area contributed by atoms with Crippen LogP contribution in [0.5, 0.6) is 17.2 Å². The highest BCUT2D eigenvalue weighted by atomic mass is 32.2. The average molecular weight is 1040 g/mol. The molecule has 0 saturated carbocycles. The van der Waals surface area contributed by atoms with Crippen LogP contribution in [0.15, 0.2) is 83.8 Å². The van der Waals surface area contributed by atoms with E-state index in [0.29, 0.717) is 24.3 Å². The number of alkyl halides is 3. The van der Waals surface area contributed by atoms with E-state index in [2.05, 4.69) is 5.32 Å². The molecule has 23 heteroatoms. The third-order valence-corrected chi connectivity index (χ3v) is 15.0. The van der Waals surface area contributed by atoms with Gasteiger partial charge in [0.25, 0.3) is 0 Å². The molecule has 5 rings (SSSR count). The van der Waals surface area contributed by atoms with Gasteiger partial charge in [0.1, 0.15) is 23.4 Å². The minimum absolute atomic E-state index is 0.0319. The fraction of sp³-hybridized carbons (Fsp3) is 0.542. The number of rotatable bonds is 26. The average Bonchev–Trinajstić information content (AvgIpc) is 3.94. The number of Topliss-reactive ketones (excluding diaryl/α,β-unsaturated/α-hetero) is 1. The monoisotopic (exact) mass is 1040 g/mol. The maximum absolute atomic E-state index is 14.5. The van der Waals surface area contributed by atoms with E-state index in [4.69, 9.17) is 37.5 Å². The van der Waals surface area contributed by atoms with Crippen molar-refractivity contribution in [3.8, 4) is 17.2 Å². The maximum atomic E-state index is 14.5. The Kier molecular flexibility index (Phi) is 20.3. The van der Waals surface area contributed by atoms with Gasteiger partial charge in [-0.15, -0.1) is 0 Å². The number of amides is 2. The summed E-state index contributed by atoms with van der Waals surface area (Å²) in [6.45, 7) is 9.37. The van der Waals surface area contributed by atoms with Crippen molar-refractivity contribution in [3.05, 3.63) is 84.4 Å². The van der Waals surface area contributed by atoms with Crippen LogP contribution in [-0.4, -0.2) is 120 Å². The lowest BCUT2D eigenvalue weighted by Crippen LogP contribution is -2.53. The summed E-state index contributed by atoms with van der Waals surface area (Å²) in [5.41, 5.74) is 0.490. The van der Waals surface area contributed by atoms with E-state index in [1.165, 1.54) is 64.3 Å². The Labute approximate surface area is 412 Å². The molecule has 18 nitrogen and oxygen atoms in total. The van der Waals surface area contributed by atoms with Crippen LogP contribution in [0.3, 0.4) is 0 Å². The summed E-state index contributed by atoms with van der Waals surface area (Å²) in [7, 11) is -7.16. The molecule has 8 atom stereocenters. The summed E-state index contributed by atoms with van der Waals surface area (Å²) in [6.07, 6.45) is -9.68. The quantitative estimate of drug-likeness (QED) is 0.0595. The summed E-state index contributed by atoms with van der Waals surface area (Å²) in [5.74, 6) is -5.80. The van der Waals surface area contributed by atoms with Gasteiger partial charge in [-0.3, -0.25) is 14.1 Å². The predicted molar refractivity (Wildman–Crippen MR) is 251 cm³/mol. The minimum atomic E-state index is -5.32. The molecule has 2 aliphatic rings. The summed E-state index contributed by atoms with van der Waals surface area (Å²) >= 11 is 0. The molecule has 71 heavy (non-hydrogen) atoms. The van der Waals surface area contributed by atoms with Gasteiger partial charge in [-0.25, -0.2) is 22.6 Å². The van der Waals surface area contributed by atoms with Gasteiger partial charge in [-0.1, -0.05) is 58.0 Å². The lowest BCUT2D eigenvalue weighted by Gasteiger charge is -2.34. The first-order valence-corrected chi connectivity index (χ1v) is 26.3. The highest BCUT2D eigenvalue weighted by Crippen LogP contribution is 2.49. The Morgan fingerprint density at radius 3 is 2.14 bits per heavy atom. The molecule has 392 valence electrons. The first-order valence-electron chi connectivity index (χ1n) is 23.2. The van der Waals surface area contributed by atoms with Gasteiger partial charge in [0.2, 0.25) is 16.4 Å². The Morgan fingerprint density at radius 1 is 0.873 bits per heavy atom. The zero-order valence-corrected chi connectivity index (χ0v) is 42.3. The Morgan fingerprint density at radius 2 is 1.54 bits per heavy atom. The molecule has 3 aromatic carbocycles. The van der Waals surface area contributed by atoms with Crippen LogP contribution in [-0.2, 0) is 58.9 Å². The van der Waals surface area contributed by atoms with Gasteiger partial charge in [0.15, 0.2) is 18.2 Å². The van der Waals surface area contributed by atoms with Gasteiger partial charge in [0, 0.05) is 31.5 Å². The molecular formula is C48H63F3N3O15PS. The SMILES string of the molecule is CCOC(=O)[C@H](C)OP(=O)(COc1ccc(C[C@H](NC(=O)O[C@H]2CO[C@H]3OCC[C@H]32)[C@H](CC(=O)[C@@H](NC(=O)C(F)(F)F)C(C)C)CN(CC(C)C)S(=O)(=O)c2ccc(OC)cc2)cc1)Oc1ccccc1. The lowest BCUT2D eigenvalue weighted by atomic mass is 9.85. The molecular weight excluding hydrogens is 979 g/mol. The van der Waals surface area contributed by atoms with Crippen molar-refractivity contribution in [1.29, 1.82) is 0 Å². The molecule has 1 unspecified atom stereocenters. The van der Waals surface area contributed by atoms with Gasteiger partial charge in [-0.2, -0.15) is 17.5 Å². The molecule has 3 aromatic rings. The first kappa shape index (κ1) is 56.7. The first-order chi connectivity index (χ1) is 33.5. The molecule has 2 aliphatic heterocycles. The number of ketones is 1. The molecule has 0 aromatic heterocycles. The van der Waals surface area contributed by atoms with Crippen LogP contribution in [0.25, 0.3) is 0 Å². The van der Waals surface area contributed by atoms with Gasteiger partial charge in [-0.05, 0) is 92.6 Å². The van der Waals surface area contributed by atoms with E-state index in [1.807, 2.05) is 0 Å². The maximum Gasteiger partial charge on any atom is 0.471 e. The van der Waals surface area contributed by atoms with Gasteiger partial charge in [0.05, 0.1) is 43.8 Å². The van der Waals surface area contributed by atoms with Crippen molar-refractivity contribution >= 4 is 41.4 Å². The second-order valence-corrected chi connectivity index (χ2v) is 21.7. The number of hydrogen-bond donors (Lipinski definition) is 2. The van der Waals surface area contributed by atoms with Crippen molar-refractivity contribution in [2.45, 2.75) is 102 Å². The van der Waals surface area contributed by atoms with Gasteiger partial charge < -0.3 is 43.6 Å². The van der Waals surface area contributed by atoms with Gasteiger partial charge >= 0.3 is 31.7 Å².